The van der Waals surface area contributed by atoms with Gasteiger partial charge in [-0.2, -0.15) is 0 Å². The van der Waals surface area contributed by atoms with Crippen LogP contribution in [0.1, 0.15) is 66.2 Å². The molecule has 130 valence electrons. The molecule has 0 aromatic rings. The minimum Gasteiger partial charge on any atom is -0.454 e. The average Bonchev–Trinajstić information content (AvgIpc) is 2.78. The summed E-state index contributed by atoms with van der Waals surface area (Å²) < 4.78 is 5.62. The van der Waals surface area contributed by atoms with Crippen LogP contribution in [-0.2, 0) is 9.53 Å². The van der Waals surface area contributed by atoms with Crippen LogP contribution in [0.15, 0.2) is 23.3 Å². The molecule has 1 aliphatic carbocycles. The maximum absolute atomic E-state index is 12.1. The Morgan fingerprint density at radius 3 is 2.74 bits per heavy atom. The van der Waals surface area contributed by atoms with E-state index >= 15 is 0 Å². The van der Waals surface area contributed by atoms with E-state index in [2.05, 4.69) is 33.8 Å². The van der Waals surface area contributed by atoms with Gasteiger partial charge in [0.2, 0.25) is 0 Å². The lowest BCUT2D eigenvalue weighted by molar-refractivity contribution is -0.142. The van der Waals surface area contributed by atoms with Gasteiger partial charge in [0, 0.05) is 17.9 Å². The molecule has 2 aliphatic rings. The summed E-state index contributed by atoms with van der Waals surface area (Å²) in [6, 6.07) is 0. The van der Waals surface area contributed by atoms with Gasteiger partial charge in [0.05, 0.1) is 6.10 Å². The van der Waals surface area contributed by atoms with Gasteiger partial charge in [-0.05, 0) is 56.9 Å². The molecule has 23 heavy (non-hydrogen) atoms. The van der Waals surface area contributed by atoms with Crippen molar-refractivity contribution in [2.75, 3.05) is 0 Å². The Bertz CT molecular complexity index is 475. The van der Waals surface area contributed by atoms with Crippen molar-refractivity contribution in [2.45, 2.75) is 78.4 Å². The summed E-state index contributed by atoms with van der Waals surface area (Å²) in [4.78, 5) is 12.1. The Hall–Kier alpha value is -1.09. The van der Waals surface area contributed by atoms with Crippen molar-refractivity contribution in [1.29, 1.82) is 0 Å². The van der Waals surface area contributed by atoms with Gasteiger partial charge in [-0.25, -0.2) is 4.79 Å². The monoisotopic (exact) mass is 320 g/mol. The molecule has 0 unspecified atom stereocenters. The van der Waals surface area contributed by atoms with Crippen LogP contribution < -0.4 is 0 Å². The third-order valence-corrected chi connectivity index (χ3v) is 5.30. The van der Waals surface area contributed by atoms with Gasteiger partial charge in [0.15, 0.2) is 0 Å². The minimum atomic E-state index is -0.451. The number of ether oxygens (including phenoxy) is 1. The van der Waals surface area contributed by atoms with E-state index in [1.54, 1.807) is 0 Å². The van der Waals surface area contributed by atoms with Gasteiger partial charge < -0.3 is 9.84 Å². The highest BCUT2D eigenvalue weighted by molar-refractivity contribution is 5.91. The summed E-state index contributed by atoms with van der Waals surface area (Å²) in [5.41, 5.74) is 2.10. The zero-order valence-electron chi connectivity index (χ0n) is 15.0. The van der Waals surface area contributed by atoms with Crippen molar-refractivity contribution in [1.82, 2.24) is 0 Å². The third-order valence-electron chi connectivity index (χ3n) is 5.30. The lowest BCUT2D eigenvalue weighted by Gasteiger charge is -2.25. The van der Waals surface area contributed by atoms with Gasteiger partial charge in [0.25, 0.3) is 0 Å². The molecule has 2 bridgehead atoms. The van der Waals surface area contributed by atoms with E-state index in [-0.39, 0.29) is 12.1 Å². The van der Waals surface area contributed by atoms with E-state index in [9.17, 15) is 9.90 Å². The molecule has 4 atom stereocenters. The predicted molar refractivity (Wildman–Crippen MR) is 92.9 cm³/mol. The van der Waals surface area contributed by atoms with Crippen molar-refractivity contribution in [3.8, 4) is 0 Å². The van der Waals surface area contributed by atoms with Crippen molar-refractivity contribution in [3.05, 3.63) is 23.3 Å². The number of esters is 1. The average molecular weight is 320 g/mol. The molecule has 1 aliphatic heterocycles. The number of hydrogen-bond donors (Lipinski definition) is 1. The Balaban J connectivity index is 2.19. The van der Waals surface area contributed by atoms with E-state index in [4.69, 9.17) is 4.74 Å². The lowest BCUT2D eigenvalue weighted by Crippen LogP contribution is -2.25. The molecule has 0 saturated heterocycles. The SMILES string of the molecule is C/C1=C/CC[C@H](C)C[C@H](O)CC2=C[C@@H](OC2=O)[C@H](C(C)C)CC1. The molecule has 0 spiro atoms. The predicted octanol–water partition coefficient (Wildman–Crippen LogP) is 4.41. The van der Waals surface area contributed by atoms with Gasteiger partial charge >= 0.3 is 5.97 Å². The van der Waals surface area contributed by atoms with E-state index in [1.807, 2.05) is 6.08 Å². The number of carbonyl (C=O) groups is 1. The normalized spacial score (nSPS) is 36.0. The summed E-state index contributed by atoms with van der Waals surface area (Å²) in [7, 11) is 0. The largest absolute Gasteiger partial charge is 0.454 e. The third kappa shape index (κ3) is 5.20. The Kier molecular flexibility index (Phi) is 6.46. The van der Waals surface area contributed by atoms with Crippen LogP contribution in [0, 0.1) is 17.8 Å². The summed E-state index contributed by atoms with van der Waals surface area (Å²) in [5, 5.41) is 10.3. The molecule has 0 aromatic carbocycles. The van der Waals surface area contributed by atoms with Crippen LogP contribution in [0.5, 0.6) is 0 Å². The first-order valence-electron chi connectivity index (χ1n) is 9.12. The van der Waals surface area contributed by atoms with Gasteiger partial charge in [-0.15, -0.1) is 0 Å². The fourth-order valence-corrected chi connectivity index (χ4v) is 3.77. The summed E-state index contributed by atoms with van der Waals surface area (Å²) in [6.07, 6.45) is 9.19. The topological polar surface area (TPSA) is 46.5 Å². The van der Waals surface area contributed by atoms with Crippen LogP contribution in [0.2, 0.25) is 0 Å². The molecule has 1 heterocycles. The Morgan fingerprint density at radius 2 is 2.04 bits per heavy atom. The molecular formula is C20H32O3. The maximum Gasteiger partial charge on any atom is 0.334 e. The van der Waals surface area contributed by atoms with Crippen LogP contribution in [0.3, 0.4) is 0 Å². The number of aliphatic hydroxyl groups is 1. The molecule has 0 saturated carbocycles. The quantitative estimate of drug-likeness (QED) is 0.575. The lowest BCUT2D eigenvalue weighted by atomic mass is 9.84. The molecular weight excluding hydrogens is 288 g/mol. The fraction of sp³-hybridized carbons (Fsp3) is 0.750. The molecule has 0 fully saturated rings. The van der Waals surface area contributed by atoms with E-state index < -0.39 is 6.10 Å². The zero-order chi connectivity index (χ0) is 17.0. The second-order valence-corrected chi connectivity index (χ2v) is 7.84. The van der Waals surface area contributed by atoms with E-state index in [1.165, 1.54) is 5.57 Å². The van der Waals surface area contributed by atoms with Gasteiger partial charge in [-0.3, -0.25) is 0 Å². The smallest absolute Gasteiger partial charge is 0.334 e. The van der Waals surface area contributed by atoms with Crippen LogP contribution in [-0.4, -0.2) is 23.3 Å². The number of fused-ring (bicyclic) bond motifs is 1. The Morgan fingerprint density at radius 1 is 1.30 bits per heavy atom. The highest BCUT2D eigenvalue weighted by Gasteiger charge is 2.34. The first-order valence-corrected chi connectivity index (χ1v) is 9.12. The fourth-order valence-electron chi connectivity index (χ4n) is 3.77. The molecule has 3 nitrogen and oxygen atoms in total. The first kappa shape index (κ1) is 18.3. The van der Waals surface area contributed by atoms with Crippen molar-refractivity contribution in [3.63, 3.8) is 0 Å². The highest BCUT2D eigenvalue weighted by atomic mass is 16.5. The number of aliphatic hydroxyl groups excluding tert-OH is 1. The van der Waals surface area contributed by atoms with Gasteiger partial charge in [0.1, 0.15) is 6.10 Å². The first-order chi connectivity index (χ1) is 10.9. The molecule has 0 amide bonds. The van der Waals surface area contributed by atoms with Crippen molar-refractivity contribution >= 4 is 5.97 Å². The van der Waals surface area contributed by atoms with Crippen LogP contribution >= 0.6 is 0 Å². The van der Waals surface area contributed by atoms with Crippen LogP contribution in [0.25, 0.3) is 0 Å². The second-order valence-electron chi connectivity index (χ2n) is 7.84. The molecule has 0 aromatic heterocycles. The number of hydrogen-bond acceptors (Lipinski definition) is 3. The highest BCUT2D eigenvalue weighted by Crippen LogP contribution is 2.32. The number of rotatable bonds is 1. The molecule has 1 N–H and O–H groups in total. The summed E-state index contributed by atoms with van der Waals surface area (Å²) in [6.45, 7) is 8.77. The van der Waals surface area contributed by atoms with Crippen molar-refractivity contribution in [2.24, 2.45) is 17.8 Å². The molecule has 2 rings (SSSR count). The number of carbonyl (C=O) groups excluding carboxylic acids is 1. The van der Waals surface area contributed by atoms with Crippen molar-refractivity contribution < 1.29 is 14.6 Å². The standard InChI is InChI=1S/C20H32O3/c1-13(2)18-9-8-14(3)6-5-7-15(4)10-17(21)11-16-12-19(18)23-20(16)22/h6,12-13,15,17-19,21H,5,7-11H2,1-4H3/b14-6-/t15-,17-,18-,19+/m0/s1. The minimum absolute atomic E-state index is 0.127. The number of allylic oxidation sites excluding steroid dienone is 2. The zero-order valence-corrected chi connectivity index (χ0v) is 15.0. The Labute approximate surface area is 140 Å². The second kappa shape index (κ2) is 8.14. The van der Waals surface area contributed by atoms with E-state index in [0.717, 1.165) is 32.1 Å². The van der Waals surface area contributed by atoms with E-state index in [0.29, 0.717) is 29.7 Å². The van der Waals surface area contributed by atoms with Crippen LogP contribution in [0.4, 0.5) is 0 Å². The molecule has 3 heteroatoms. The summed E-state index contributed by atoms with van der Waals surface area (Å²) >= 11 is 0. The summed E-state index contributed by atoms with van der Waals surface area (Å²) in [5.74, 6) is 1.05. The maximum atomic E-state index is 12.1. The van der Waals surface area contributed by atoms with Gasteiger partial charge in [-0.1, -0.05) is 32.4 Å². The molecule has 0 radical (unpaired) electrons.